The number of hydrogen-bond donors (Lipinski definition) is 2. The van der Waals surface area contributed by atoms with E-state index in [9.17, 15) is 18.0 Å². The molecule has 1 aromatic heterocycles. The largest absolute Gasteiger partial charge is 0.347 e. The number of hydrogen-bond acceptors (Lipinski definition) is 5. The Labute approximate surface area is 181 Å². The molecule has 8 nitrogen and oxygen atoms in total. The first-order valence-corrected chi connectivity index (χ1v) is 11.8. The minimum absolute atomic E-state index is 0.138. The van der Waals surface area contributed by atoms with Crippen molar-refractivity contribution in [2.45, 2.75) is 38.6 Å². The van der Waals surface area contributed by atoms with Crippen LogP contribution < -0.4 is 10.6 Å². The van der Waals surface area contributed by atoms with Crippen molar-refractivity contribution in [1.29, 1.82) is 0 Å². The summed E-state index contributed by atoms with van der Waals surface area (Å²) in [6, 6.07) is 13.9. The third kappa shape index (κ3) is 5.91. The molecule has 2 aromatic carbocycles. The number of rotatable bonds is 6. The highest BCUT2D eigenvalue weighted by molar-refractivity contribution is 7.89. The van der Waals surface area contributed by atoms with E-state index in [2.05, 4.69) is 15.6 Å². The molecule has 0 spiro atoms. The summed E-state index contributed by atoms with van der Waals surface area (Å²) in [4.78, 5) is 29.9. The van der Waals surface area contributed by atoms with Crippen LogP contribution in [0.4, 0.5) is 5.69 Å². The van der Waals surface area contributed by atoms with Gasteiger partial charge < -0.3 is 15.2 Å². The molecule has 1 heterocycles. The van der Waals surface area contributed by atoms with Gasteiger partial charge in [-0.25, -0.2) is 13.4 Å². The number of carbonyl (C=O) groups is 2. The highest BCUT2D eigenvalue weighted by Crippen LogP contribution is 2.20. The Morgan fingerprint density at radius 3 is 2.35 bits per heavy atom. The zero-order valence-electron chi connectivity index (χ0n) is 18.0. The van der Waals surface area contributed by atoms with Crippen molar-refractivity contribution in [1.82, 2.24) is 14.9 Å². The van der Waals surface area contributed by atoms with Crippen LogP contribution in [0.5, 0.6) is 0 Å². The third-order valence-corrected chi connectivity index (χ3v) is 5.14. The van der Waals surface area contributed by atoms with Crippen LogP contribution in [-0.4, -0.2) is 41.6 Å². The smallest absolute Gasteiger partial charge is 0.253 e. The molecule has 0 saturated heterocycles. The summed E-state index contributed by atoms with van der Waals surface area (Å²) >= 11 is 0. The highest BCUT2D eigenvalue weighted by Gasteiger charge is 2.20. The lowest BCUT2D eigenvalue weighted by atomic mass is 10.1. The Morgan fingerprint density at radius 2 is 1.68 bits per heavy atom. The lowest BCUT2D eigenvalue weighted by molar-refractivity contribution is -0.116. The Balaban J connectivity index is 1.88. The van der Waals surface area contributed by atoms with Gasteiger partial charge in [0.15, 0.2) is 9.84 Å². The number of sulfone groups is 1. The molecular formula is C22H26N4O4S. The quantitative estimate of drug-likeness (QED) is 0.610. The fourth-order valence-electron chi connectivity index (χ4n) is 3.18. The van der Waals surface area contributed by atoms with E-state index >= 15 is 0 Å². The number of aromatic nitrogens is 2. The van der Waals surface area contributed by atoms with E-state index < -0.39 is 21.3 Å². The first-order valence-electron chi connectivity index (χ1n) is 9.76. The standard InChI is InChI=1S/C22H26N4O4S/c1-22(2,3)25-21(28)15-9-5-6-10-16(15)24-20(27)13-26-18-12-8-7-11-17(18)23-19(26)14-31(4,29)30/h5-12H,13-14H2,1-4H3,(H,24,27)(H,25,28). The average Bonchev–Trinajstić information content (AvgIpc) is 2.96. The van der Waals surface area contributed by atoms with Crippen LogP contribution in [0.15, 0.2) is 48.5 Å². The van der Waals surface area contributed by atoms with Crippen LogP contribution in [-0.2, 0) is 26.9 Å². The Morgan fingerprint density at radius 1 is 1.03 bits per heavy atom. The number of nitrogens with one attached hydrogen (secondary N) is 2. The van der Waals surface area contributed by atoms with Gasteiger partial charge in [0.1, 0.15) is 18.1 Å². The van der Waals surface area contributed by atoms with Gasteiger partial charge >= 0.3 is 0 Å². The number of amides is 2. The maximum atomic E-state index is 12.9. The normalized spacial score (nSPS) is 12.0. The molecule has 31 heavy (non-hydrogen) atoms. The van der Waals surface area contributed by atoms with Crippen LogP contribution in [0.25, 0.3) is 11.0 Å². The van der Waals surface area contributed by atoms with Crippen molar-refractivity contribution in [3.05, 3.63) is 59.9 Å². The zero-order chi connectivity index (χ0) is 22.8. The molecule has 0 aliphatic rings. The van der Waals surface area contributed by atoms with E-state index in [0.717, 1.165) is 6.26 Å². The van der Waals surface area contributed by atoms with Gasteiger partial charge in [-0.3, -0.25) is 9.59 Å². The van der Waals surface area contributed by atoms with Crippen LogP contribution in [0.2, 0.25) is 0 Å². The second kappa shape index (κ2) is 8.50. The number of anilines is 1. The van der Waals surface area contributed by atoms with E-state index in [1.807, 2.05) is 20.8 Å². The minimum Gasteiger partial charge on any atom is -0.347 e. The Kier molecular flexibility index (Phi) is 6.17. The summed E-state index contributed by atoms with van der Waals surface area (Å²) in [6.45, 7) is 5.49. The molecule has 0 atom stereocenters. The van der Waals surface area contributed by atoms with E-state index in [1.165, 1.54) is 0 Å². The van der Waals surface area contributed by atoms with E-state index in [0.29, 0.717) is 22.3 Å². The Bertz CT molecular complexity index is 1240. The van der Waals surface area contributed by atoms with Crippen molar-refractivity contribution in [2.24, 2.45) is 0 Å². The van der Waals surface area contributed by atoms with Gasteiger partial charge in [0.2, 0.25) is 5.91 Å². The number of para-hydroxylation sites is 3. The maximum Gasteiger partial charge on any atom is 0.253 e. The van der Waals surface area contributed by atoms with Gasteiger partial charge in [-0.15, -0.1) is 0 Å². The molecule has 2 amide bonds. The zero-order valence-corrected chi connectivity index (χ0v) is 18.8. The number of carbonyl (C=O) groups excluding carboxylic acids is 2. The summed E-state index contributed by atoms with van der Waals surface area (Å²) in [6.07, 6.45) is 1.13. The average molecular weight is 443 g/mol. The lowest BCUT2D eigenvalue weighted by Gasteiger charge is -2.21. The third-order valence-electron chi connectivity index (χ3n) is 4.36. The SMILES string of the molecule is CC(C)(C)NC(=O)c1ccccc1NC(=O)Cn1c(CS(C)(=O)=O)nc2ccccc21. The highest BCUT2D eigenvalue weighted by atomic mass is 32.2. The van der Waals surface area contributed by atoms with Gasteiger partial charge in [-0.2, -0.15) is 0 Å². The Hall–Kier alpha value is -3.20. The molecule has 3 aromatic rings. The van der Waals surface area contributed by atoms with Crippen molar-refractivity contribution in [2.75, 3.05) is 11.6 Å². The number of benzene rings is 2. The molecule has 0 saturated carbocycles. The fraction of sp³-hybridized carbons (Fsp3) is 0.318. The van der Waals surface area contributed by atoms with Crippen LogP contribution in [0.3, 0.4) is 0 Å². The summed E-state index contributed by atoms with van der Waals surface area (Å²) in [5, 5.41) is 5.65. The molecular weight excluding hydrogens is 416 g/mol. The monoisotopic (exact) mass is 442 g/mol. The first kappa shape index (κ1) is 22.5. The molecule has 0 bridgehead atoms. The first-order chi connectivity index (χ1) is 14.4. The minimum atomic E-state index is -3.35. The van der Waals surface area contributed by atoms with E-state index in [1.54, 1.807) is 53.1 Å². The summed E-state index contributed by atoms with van der Waals surface area (Å²) in [5.41, 5.74) is 1.57. The molecule has 0 aliphatic carbocycles. The van der Waals surface area contributed by atoms with Gasteiger partial charge in [0.05, 0.1) is 22.3 Å². The van der Waals surface area contributed by atoms with Gasteiger partial charge in [0.25, 0.3) is 5.91 Å². The molecule has 2 N–H and O–H groups in total. The van der Waals surface area contributed by atoms with Gasteiger partial charge in [0, 0.05) is 11.8 Å². The van der Waals surface area contributed by atoms with Crippen LogP contribution >= 0.6 is 0 Å². The number of imidazole rings is 1. The number of nitrogens with zero attached hydrogens (tertiary/aromatic N) is 2. The molecule has 9 heteroatoms. The lowest BCUT2D eigenvalue weighted by Crippen LogP contribution is -2.41. The molecule has 0 aliphatic heterocycles. The second-order valence-electron chi connectivity index (χ2n) is 8.47. The summed E-state index contributed by atoms with van der Waals surface area (Å²) in [5.74, 6) is -0.680. The molecule has 0 fully saturated rings. The van der Waals surface area contributed by atoms with Crippen LogP contribution in [0, 0.1) is 0 Å². The predicted octanol–water partition coefficient (Wildman–Crippen LogP) is 2.75. The van der Waals surface area contributed by atoms with Crippen molar-refractivity contribution in [3.63, 3.8) is 0 Å². The van der Waals surface area contributed by atoms with E-state index in [4.69, 9.17) is 0 Å². The van der Waals surface area contributed by atoms with Gasteiger partial charge in [-0.05, 0) is 45.0 Å². The van der Waals surface area contributed by atoms with Crippen molar-refractivity contribution < 1.29 is 18.0 Å². The van der Waals surface area contributed by atoms with Crippen molar-refractivity contribution >= 4 is 38.4 Å². The molecule has 3 rings (SSSR count). The summed E-state index contributed by atoms with van der Waals surface area (Å²) in [7, 11) is -3.35. The topological polar surface area (TPSA) is 110 Å². The molecule has 0 radical (unpaired) electrons. The van der Waals surface area contributed by atoms with Gasteiger partial charge in [-0.1, -0.05) is 24.3 Å². The maximum absolute atomic E-state index is 12.9. The van der Waals surface area contributed by atoms with E-state index in [-0.39, 0.29) is 24.0 Å². The summed E-state index contributed by atoms with van der Waals surface area (Å²) < 4.78 is 25.3. The van der Waals surface area contributed by atoms with Crippen LogP contribution in [0.1, 0.15) is 37.0 Å². The molecule has 164 valence electrons. The second-order valence-corrected chi connectivity index (χ2v) is 10.6. The molecule has 0 unspecified atom stereocenters. The fourth-order valence-corrected chi connectivity index (χ4v) is 3.87. The number of fused-ring (bicyclic) bond motifs is 1. The predicted molar refractivity (Wildman–Crippen MR) is 121 cm³/mol. The van der Waals surface area contributed by atoms with Crippen molar-refractivity contribution in [3.8, 4) is 0 Å².